The zero-order chi connectivity index (χ0) is 13.7. The van der Waals surface area contributed by atoms with E-state index in [1.165, 1.54) is 11.1 Å². The maximum absolute atomic E-state index is 3.47. The highest BCUT2D eigenvalue weighted by molar-refractivity contribution is 9.10. The van der Waals surface area contributed by atoms with E-state index < -0.39 is 0 Å². The zero-order valence-electron chi connectivity index (χ0n) is 11.5. The maximum atomic E-state index is 3.47. The van der Waals surface area contributed by atoms with Gasteiger partial charge in [-0.05, 0) is 43.7 Å². The van der Waals surface area contributed by atoms with Crippen LogP contribution in [0, 0.1) is 0 Å². The van der Waals surface area contributed by atoms with Crippen molar-refractivity contribution in [2.45, 2.75) is 25.9 Å². The molecule has 0 fully saturated rings. The van der Waals surface area contributed by atoms with Gasteiger partial charge >= 0.3 is 0 Å². The number of halogens is 1. The first-order valence-electron chi connectivity index (χ1n) is 6.64. The fourth-order valence-electron chi connectivity index (χ4n) is 2.14. The molecule has 2 heteroatoms. The lowest BCUT2D eigenvalue weighted by molar-refractivity contribution is 0.248. The summed E-state index contributed by atoms with van der Waals surface area (Å²) < 4.78 is 1.14. The predicted molar refractivity (Wildman–Crippen MR) is 85.2 cm³/mol. The molecule has 0 saturated heterocycles. The molecule has 0 saturated carbocycles. The summed E-state index contributed by atoms with van der Waals surface area (Å²) in [7, 11) is 2.19. The fraction of sp³-hybridized carbons (Fsp3) is 0.294. The Kier molecular flexibility index (Phi) is 5.17. The molecule has 2 rings (SSSR count). The van der Waals surface area contributed by atoms with E-state index in [9.17, 15) is 0 Å². The van der Waals surface area contributed by atoms with Crippen molar-refractivity contribution in [2.75, 3.05) is 7.05 Å². The van der Waals surface area contributed by atoms with Gasteiger partial charge in [0, 0.05) is 17.1 Å². The summed E-state index contributed by atoms with van der Waals surface area (Å²) in [6, 6.07) is 19.8. The van der Waals surface area contributed by atoms with Crippen molar-refractivity contribution in [3.63, 3.8) is 0 Å². The van der Waals surface area contributed by atoms with Crippen LogP contribution in [0.3, 0.4) is 0 Å². The summed E-state index contributed by atoms with van der Waals surface area (Å²) in [5, 5.41) is 0. The highest BCUT2D eigenvalue weighted by Gasteiger charge is 2.10. The van der Waals surface area contributed by atoms with Crippen LogP contribution in [0.5, 0.6) is 0 Å². The minimum absolute atomic E-state index is 0.533. The Labute approximate surface area is 124 Å². The van der Waals surface area contributed by atoms with E-state index in [1.54, 1.807) is 0 Å². The largest absolute Gasteiger partial charge is 0.299 e. The molecule has 0 aliphatic rings. The minimum Gasteiger partial charge on any atom is -0.299 e. The van der Waals surface area contributed by atoms with Crippen LogP contribution in [0.4, 0.5) is 0 Å². The van der Waals surface area contributed by atoms with Gasteiger partial charge < -0.3 is 0 Å². The Balaban J connectivity index is 1.92. The summed E-state index contributed by atoms with van der Waals surface area (Å²) in [5.74, 6) is 0. The van der Waals surface area contributed by atoms with E-state index in [2.05, 4.69) is 89.4 Å². The van der Waals surface area contributed by atoms with Crippen LogP contribution in [-0.4, -0.2) is 18.0 Å². The van der Waals surface area contributed by atoms with Gasteiger partial charge in [0.15, 0.2) is 0 Å². The molecular formula is C17H20BrN. The number of nitrogens with zero attached hydrogens (tertiary/aromatic N) is 1. The highest BCUT2D eigenvalue weighted by atomic mass is 79.9. The third-order valence-corrected chi connectivity index (χ3v) is 4.00. The smallest absolute Gasteiger partial charge is 0.0233 e. The van der Waals surface area contributed by atoms with Gasteiger partial charge in [0.1, 0.15) is 0 Å². The monoisotopic (exact) mass is 317 g/mol. The van der Waals surface area contributed by atoms with E-state index in [0.29, 0.717) is 6.04 Å². The molecule has 19 heavy (non-hydrogen) atoms. The first-order valence-corrected chi connectivity index (χ1v) is 7.43. The van der Waals surface area contributed by atoms with E-state index in [1.807, 2.05) is 0 Å². The normalized spacial score (nSPS) is 12.6. The number of benzene rings is 2. The quantitative estimate of drug-likeness (QED) is 0.784. The van der Waals surface area contributed by atoms with Crippen LogP contribution in [0.25, 0.3) is 0 Å². The van der Waals surface area contributed by atoms with Gasteiger partial charge in [-0.2, -0.15) is 0 Å². The lowest BCUT2D eigenvalue weighted by Gasteiger charge is -2.25. The first-order chi connectivity index (χ1) is 9.15. The maximum Gasteiger partial charge on any atom is 0.0233 e. The zero-order valence-corrected chi connectivity index (χ0v) is 13.1. The topological polar surface area (TPSA) is 3.24 Å². The van der Waals surface area contributed by atoms with Crippen LogP contribution >= 0.6 is 15.9 Å². The molecule has 0 aliphatic carbocycles. The van der Waals surface area contributed by atoms with E-state index in [4.69, 9.17) is 0 Å². The third-order valence-electron chi connectivity index (χ3n) is 3.47. The summed E-state index contributed by atoms with van der Waals surface area (Å²) >= 11 is 3.47. The van der Waals surface area contributed by atoms with Crippen molar-refractivity contribution in [2.24, 2.45) is 0 Å². The third kappa shape index (κ3) is 4.48. The average molecular weight is 318 g/mol. The standard InChI is InChI=1S/C17H20BrN/c1-14(12-15-6-4-3-5-7-15)19(2)13-16-8-10-17(18)11-9-16/h3-11,14H,12-13H2,1-2H3. The lowest BCUT2D eigenvalue weighted by atomic mass is 10.1. The Morgan fingerprint density at radius 2 is 1.58 bits per heavy atom. The summed E-state index contributed by atoms with van der Waals surface area (Å²) in [4.78, 5) is 2.40. The second-order valence-electron chi connectivity index (χ2n) is 5.08. The van der Waals surface area contributed by atoms with Gasteiger partial charge in [-0.25, -0.2) is 0 Å². The van der Waals surface area contributed by atoms with E-state index in [-0.39, 0.29) is 0 Å². The predicted octanol–water partition coefficient (Wildman–Crippen LogP) is 4.51. The summed E-state index contributed by atoms with van der Waals surface area (Å²) in [6.45, 7) is 3.27. The molecule has 2 aromatic carbocycles. The van der Waals surface area contributed by atoms with Gasteiger partial charge in [0.2, 0.25) is 0 Å². The van der Waals surface area contributed by atoms with Crippen LogP contribution in [-0.2, 0) is 13.0 Å². The molecular weight excluding hydrogens is 298 g/mol. The molecule has 0 spiro atoms. The van der Waals surface area contributed by atoms with Crippen molar-refractivity contribution in [1.82, 2.24) is 4.90 Å². The molecule has 0 aromatic heterocycles. The fourth-order valence-corrected chi connectivity index (χ4v) is 2.41. The van der Waals surface area contributed by atoms with Crippen molar-refractivity contribution in [3.05, 3.63) is 70.2 Å². The molecule has 1 nitrogen and oxygen atoms in total. The van der Waals surface area contributed by atoms with Gasteiger partial charge in [-0.1, -0.05) is 58.4 Å². The molecule has 0 radical (unpaired) electrons. The number of hydrogen-bond donors (Lipinski definition) is 0. The molecule has 2 aromatic rings. The van der Waals surface area contributed by atoms with Gasteiger partial charge in [-0.15, -0.1) is 0 Å². The Morgan fingerprint density at radius 1 is 0.947 bits per heavy atom. The van der Waals surface area contributed by atoms with Crippen LogP contribution in [0.15, 0.2) is 59.1 Å². The van der Waals surface area contributed by atoms with Crippen LogP contribution in [0.2, 0.25) is 0 Å². The van der Waals surface area contributed by atoms with Crippen molar-refractivity contribution >= 4 is 15.9 Å². The number of likely N-dealkylation sites (N-methyl/N-ethyl adjacent to an activating group) is 1. The van der Waals surface area contributed by atoms with Crippen LogP contribution < -0.4 is 0 Å². The Hall–Kier alpha value is -1.12. The number of hydrogen-bond acceptors (Lipinski definition) is 1. The molecule has 1 atom stereocenters. The Bertz CT molecular complexity index is 492. The van der Waals surface area contributed by atoms with Gasteiger partial charge in [-0.3, -0.25) is 4.90 Å². The van der Waals surface area contributed by atoms with Crippen molar-refractivity contribution in [1.29, 1.82) is 0 Å². The SMILES string of the molecule is CC(Cc1ccccc1)N(C)Cc1ccc(Br)cc1. The molecule has 100 valence electrons. The second-order valence-corrected chi connectivity index (χ2v) is 6.00. The average Bonchev–Trinajstić information content (AvgIpc) is 2.42. The van der Waals surface area contributed by atoms with E-state index in [0.717, 1.165) is 17.4 Å². The highest BCUT2D eigenvalue weighted by Crippen LogP contribution is 2.14. The second kappa shape index (κ2) is 6.88. The molecule has 1 unspecified atom stereocenters. The van der Waals surface area contributed by atoms with E-state index >= 15 is 0 Å². The molecule has 0 heterocycles. The van der Waals surface area contributed by atoms with Gasteiger partial charge in [0.25, 0.3) is 0 Å². The molecule has 0 bridgehead atoms. The molecule has 0 aliphatic heterocycles. The van der Waals surface area contributed by atoms with Crippen LogP contribution in [0.1, 0.15) is 18.1 Å². The number of rotatable bonds is 5. The van der Waals surface area contributed by atoms with Gasteiger partial charge in [0.05, 0.1) is 0 Å². The van der Waals surface area contributed by atoms with Crippen molar-refractivity contribution in [3.8, 4) is 0 Å². The first kappa shape index (κ1) is 14.3. The lowest BCUT2D eigenvalue weighted by Crippen LogP contribution is -2.30. The molecule has 0 amide bonds. The minimum atomic E-state index is 0.533. The Morgan fingerprint density at radius 3 is 2.21 bits per heavy atom. The summed E-state index contributed by atoms with van der Waals surface area (Å²) in [5.41, 5.74) is 2.75. The molecule has 0 N–H and O–H groups in total. The summed E-state index contributed by atoms with van der Waals surface area (Å²) in [6.07, 6.45) is 1.09. The van der Waals surface area contributed by atoms with Crippen molar-refractivity contribution < 1.29 is 0 Å².